The fourth-order valence-electron chi connectivity index (χ4n) is 3.47. The van der Waals surface area contributed by atoms with E-state index in [2.05, 4.69) is 0 Å². The van der Waals surface area contributed by atoms with E-state index < -0.39 is 18.5 Å². The molecule has 0 aliphatic rings. The van der Waals surface area contributed by atoms with Crippen LogP contribution >= 0.6 is 0 Å². The zero-order valence-corrected chi connectivity index (χ0v) is 20.6. The van der Waals surface area contributed by atoms with Gasteiger partial charge in [0.05, 0.1) is 11.1 Å². The number of rotatable bonds is 9. The van der Waals surface area contributed by atoms with E-state index in [9.17, 15) is 14.4 Å². The van der Waals surface area contributed by atoms with Gasteiger partial charge >= 0.3 is 11.9 Å². The SMILES string of the molecule is Cc1ccc(C(=O)Oc2ccc(C(=O)COC(=O)c3ccc(COc4cccc(C)c4)cc3)cc2)cc1. The van der Waals surface area contributed by atoms with E-state index in [1.807, 2.05) is 50.2 Å². The predicted octanol–water partition coefficient (Wildman–Crippen LogP) is 6.14. The lowest BCUT2D eigenvalue weighted by Crippen LogP contribution is -2.14. The van der Waals surface area contributed by atoms with Crippen molar-refractivity contribution in [3.63, 3.8) is 0 Å². The molecule has 6 nitrogen and oxygen atoms in total. The molecule has 0 fully saturated rings. The van der Waals surface area contributed by atoms with Gasteiger partial charge in [-0.25, -0.2) is 9.59 Å². The highest BCUT2D eigenvalue weighted by atomic mass is 16.5. The number of ether oxygens (including phenoxy) is 3. The van der Waals surface area contributed by atoms with Crippen molar-refractivity contribution in [3.05, 3.63) is 130 Å². The van der Waals surface area contributed by atoms with E-state index in [1.165, 1.54) is 24.3 Å². The molecule has 0 saturated carbocycles. The van der Waals surface area contributed by atoms with Gasteiger partial charge in [-0.05, 0) is 85.6 Å². The maximum Gasteiger partial charge on any atom is 0.343 e. The van der Waals surface area contributed by atoms with Crippen LogP contribution in [-0.2, 0) is 11.3 Å². The van der Waals surface area contributed by atoms with Crippen molar-refractivity contribution in [1.82, 2.24) is 0 Å². The van der Waals surface area contributed by atoms with Gasteiger partial charge in [-0.2, -0.15) is 0 Å². The molecule has 0 bridgehead atoms. The molecule has 0 aromatic heterocycles. The van der Waals surface area contributed by atoms with Crippen molar-refractivity contribution < 1.29 is 28.6 Å². The number of carbonyl (C=O) groups is 3. The third-order valence-electron chi connectivity index (χ3n) is 5.59. The van der Waals surface area contributed by atoms with Crippen molar-refractivity contribution in [2.24, 2.45) is 0 Å². The van der Waals surface area contributed by atoms with Gasteiger partial charge in [-0.1, -0.05) is 42.0 Å². The lowest BCUT2D eigenvalue weighted by atomic mass is 10.1. The quantitative estimate of drug-likeness (QED) is 0.158. The van der Waals surface area contributed by atoms with E-state index >= 15 is 0 Å². The van der Waals surface area contributed by atoms with Gasteiger partial charge in [0.15, 0.2) is 12.4 Å². The summed E-state index contributed by atoms with van der Waals surface area (Å²) in [7, 11) is 0. The molecule has 4 rings (SSSR count). The normalized spacial score (nSPS) is 10.4. The highest BCUT2D eigenvalue weighted by molar-refractivity contribution is 5.99. The Morgan fingerprint density at radius 3 is 1.92 bits per heavy atom. The van der Waals surface area contributed by atoms with Crippen LogP contribution in [0.15, 0.2) is 97.1 Å². The molecule has 0 aliphatic heterocycles. The first kappa shape index (κ1) is 25.4. The van der Waals surface area contributed by atoms with Gasteiger partial charge in [0.1, 0.15) is 18.1 Å². The van der Waals surface area contributed by atoms with Crippen LogP contribution in [0.1, 0.15) is 47.8 Å². The first-order valence-electron chi connectivity index (χ1n) is 11.7. The second-order valence-corrected chi connectivity index (χ2v) is 8.58. The maximum absolute atomic E-state index is 12.5. The highest BCUT2D eigenvalue weighted by Gasteiger charge is 2.13. The predicted molar refractivity (Wildman–Crippen MR) is 139 cm³/mol. The largest absolute Gasteiger partial charge is 0.489 e. The Morgan fingerprint density at radius 1 is 0.622 bits per heavy atom. The Bertz CT molecular complexity index is 1390. The average molecular weight is 495 g/mol. The number of aryl methyl sites for hydroxylation is 2. The number of carbonyl (C=O) groups excluding carboxylic acids is 3. The van der Waals surface area contributed by atoms with Crippen LogP contribution in [0.25, 0.3) is 0 Å². The Labute approximate surface area is 215 Å². The molecule has 0 spiro atoms. The Hall–Kier alpha value is -4.71. The summed E-state index contributed by atoms with van der Waals surface area (Å²) >= 11 is 0. The summed E-state index contributed by atoms with van der Waals surface area (Å²) in [4.78, 5) is 37.1. The van der Waals surface area contributed by atoms with Crippen molar-refractivity contribution in [1.29, 1.82) is 0 Å². The summed E-state index contributed by atoms with van der Waals surface area (Å²) in [6.07, 6.45) is 0. The van der Waals surface area contributed by atoms with Gasteiger partial charge in [0.25, 0.3) is 0 Å². The lowest BCUT2D eigenvalue weighted by Gasteiger charge is -2.08. The number of hydrogen-bond acceptors (Lipinski definition) is 6. The minimum Gasteiger partial charge on any atom is -0.489 e. The van der Waals surface area contributed by atoms with Gasteiger partial charge in [-0.15, -0.1) is 0 Å². The summed E-state index contributed by atoms with van der Waals surface area (Å²) in [5.74, 6) is -0.359. The Morgan fingerprint density at radius 2 is 1.24 bits per heavy atom. The minimum absolute atomic E-state index is 0.311. The summed E-state index contributed by atoms with van der Waals surface area (Å²) in [5.41, 5.74) is 4.17. The van der Waals surface area contributed by atoms with Crippen molar-refractivity contribution in [3.8, 4) is 11.5 Å². The maximum atomic E-state index is 12.5. The van der Waals surface area contributed by atoms with Gasteiger partial charge in [-0.3, -0.25) is 4.79 Å². The highest BCUT2D eigenvalue weighted by Crippen LogP contribution is 2.17. The van der Waals surface area contributed by atoms with Crippen molar-refractivity contribution >= 4 is 17.7 Å². The summed E-state index contributed by atoms with van der Waals surface area (Å²) in [6, 6.07) is 27.8. The molecule has 0 aliphatic carbocycles. The second kappa shape index (κ2) is 11.8. The second-order valence-electron chi connectivity index (χ2n) is 8.58. The molecule has 4 aromatic rings. The van der Waals surface area contributed by atoms with Gasteiger partial charge < -0.3 is 14.2 Å². The molecule has 0 amide bonds. The van der Waals surface area contributed by atoms with Crippen molar-refractivity contribution in [2.45, 2.75) is 20.5 Å². The van der Waals surface area contributed by atoms with E-state index in [-0.39, 0.29) is 5.78 Å². The summed E-state index contributed by atoms with van der Waals surface area (Å²) in [6.45, 7) is 3.90. The van der Waals surface area contributed by atoms with E-state index in [0.29, 0.717) is 29.0 Å². The fraction of sp³-hybridized carbons (Fsp3) is 0.129. The lowest BCUT2D eigenvalue weighted by molar-refractivity contribution is 0.0474. The van der Waals surface area contributed by atoms with E-state index in [4.69, 9.17) is 14.2 Å². The van der Waals surface area contributed by atoms with Crippen LogP contribution in [0, 0.1) is 13.8 Å². The number of hydrogen-bond donors (Lipinski definition) is 0. The molecule has 0 unspecified atom stereocenters. The molecular weight excluding hydrogens is 468 g/mol. The summed E-state index contributed by atoms with van der Waals surface area (Å²) < 4.78 is 16.3. The molecule has 186 valence electrons. The molecular formula is C31H26O6. The van der Waals surface area contributed by atoms with Crippen LogP contribution in [0.4, 0.5) is 0 Å². The van der Waals surface area contributed by atoms with Gasteiger partial charge in [0, 0.05) is 5.56 Å². The van der Waals surface area contributed by atoms with E-state index in [1.54, 1.807) is 36.4 Å². The molecule has 37 heavy (non-hydrogen) atoms. The zero-order valence-electron chi connectivity index (χ0n) is 20.6. The van der Waals surface area contributed by atoms with Crippen LogP contribution in [0.2, 0.25) is 0 Å². The van der Waals surface area contributed by atoms with Crippen LogP contribution < -0.4 is 9.47 Å². The zero-order chi connectivity index (χ0) is 26.2. The topological polar surface area (TPSA) is 78.9 Å². The third-order valence-corrected chi connectivity index (χ3v) is 5.59. The van der Waals surface area contributed by atoms with Crippen LogP contribution in [-0.4, -0.2) is 24.3 Å². The molecule has 0 atom stereocenters. The smallest absolute Gasteiger partial charge is 0.343 e. The first-order valence-corrected chi connectivity index (χ1v) is 11.7. The van der Waals surface area contributed by atoms with Crippen LogP contribution in [0.3, 0.4) is 0 Å². The third kappa shape index (κ3) is 7.15. The summed E-state index contributed by atoms with van der Waals surface area (Å²) in [5, 5.41) is 0. The monoisotopic (exact) mass is 494 g/mol. The first-order chi connectivity index (χ1) is 17.9. The van der Waals surface area contributed by atoms with Crippen LogP contribution in [0.5, 0.6) is 11.5 Å². The molecule has 6 heteroatoms. The average Bonchev–Trinajstić information content (AvgIpc) is 2.91. The van der Waals surface area contributed by atoms with Crippen molar-refractivity contribution in [2.75, 3.05) is 6.61 Å². The molecule has 0 saturated heterocycles. The molecule has 0 N–H and O–H groups in total. The Balaban J connectivity index is 1.25. The number of ketones is 1. The number of benzene rings is 4. The standard InChI is InChI=1S/C31H26O6/c1-21-6-10-26(11-7-21)31(34)37-27-16-14-24(15-17-27)29(32)20-36-30(33)25-12-8-23(9-13-25)19-35-28-5-3-4-22(2)18-28/h3-18H,19-20H2,1-2H3. The fourth-order valence-corrected chi connectivity index (χ4v) is 3.47. The van der Waals surface area contributed by atoms with Gasteiger partial charge in [0.2, 0.25) is 0 Å². The number of esters is 2. The molecule has 0 heterocycles. The molecule has 4 aromatic carbocycles. The van der Waals surface area contributed by atoms with E-state index in [0.717, 1.165) is 22.4 Å². The Kier molecular flexibility index (Phi) is 8.11. The number of Topliss-reactive ketones (excluding diaryl/α,β-unsaturated/α-hetero) is 1. The molecule has 0 radical (unpaired) electrons. The minimum atomic E-state index is -0.594.